The van der Waals surface area contributed by atoms with Gasteiger partial charge in [-0.3, -0.25) is 5.32 Å². The number of urea groups is 1. The molecule has 0 saturated carbocycles. The third-order valence-electron chi connectivity index (χ3n) is 4.48. The zero-order valence-corrected chi connectivity index (χ0v) is 16.5. The first-order valence-corrected chi connectivity index (χ1v) is 11.3. The van der Waals surface area contributed by atoms with Crippen LogP contribution in [-0.2, 0) is 9.84 Å². The van der Waals surface area contributed by atoms with E-state index in [1.807, 2.05) is 17.5 Å². The van der Waals surface area contributed by atoms with E-state index in [0.29, 0.717) is 24.0 Å². The van der Waals surface area contributed by atoms with Crippen LogP contribution in [-0.4, -0.2) is 37.5 Å². The number of amides is 2. The molecule has 26 heavy (non-hydrogen) atoms. The number of rotatable bonds is 5. The van der Waals surface area contributed by atoms with Crippen LogP contribution in [0.3, 0.4) is 0 Å². The smallest absolute Gasteiger partial charge is 0.321 e. The number of anilines is 1. The third kappa shape index (κ3) is 4.82. The molecule has 0 spiro atoms. The average Bonchev–Trinajstić information content (AvgIpc) is 3.19. The second-order valence-corrected chi connectivity index (χ2v) is 10.0. The molecule has 0 radical (unpaired) electrons. The maximum absolute atomic E-state index is 12.0. The van der Waals surface area contributed by atoms with Crippen LogP contribution >= 0.6 is 11.3 Å². The number of hydrogen-bond acceptors (Lipinski definition) is 5. The molecular weight excluding hydrogens is 370 g/mol. The van der Waals surface area contributed by atoms with Crippen molar-refractivity contribution in [3.05, 3.63) is 35.2 Å². The summed E-state index contributed by atoms with van der Waals surface area (Å²) in [6, 6.07) is 7.90. The molecule has 1 aromatic carbocycles. The molecule has 1 saturated heterocycles. The van der Waals surface area contributed by atoms with E-state index in [4.69, 9.17) is 0 Å². The zero-order valence-electron chi connectivity index (χ0n) is 14.9. The van der Waals surface area contributed by atoms with Gasteiger partial charge in [0.15, 0.2) is 15.0 Å². The predicted octanol–water partition coefficient (Wildman–Crippen LogP) is 3.49. The van der Waals surface area contributed by atoms with Crippen LogP contribution in [0.4, 0.5) is 9.93 Å². The first-order valence-electron chi connectivity index (χ1n) is 8.63. The molecule has 1 aromatic heterocycles. The lowest BCUT2D eigenvalue weighted by Crippen LogP contribution is -2.33. The number of carbonyl (C=O) groups excluding carboxylic acids is 1. The van der Waals surface area contributed by atoms with E-state index in [-0.39, 0.29) is 23.5 Å². The van der Waals surface area contributed by atoms with Gasteiger partial charge >= 0.3 is 6.03 Å². The summed E-state index contributed by atoms with van der Waals surface area (Å²) in [6.45, 7) is 4.67. The van der Waals surface area contributed by atoms with Gasteiger partial charge in [-0.25, -0.2) is 18.2 Å². The molecule has 140 valence electrons. The summed E-state index contributed by atoms with van der Waals surface area (Å²) in [5.74, 6) is 0.848. The lowest BCUT2D eigenvalue weighted by molar-refractivity contribution is 0.250. The second kappa shape index (κ2) is 7.75. The molecule has 0 unspecified atom stereocenters. The number of thiazole rings is 1. The molecule has 1 aliphatic heterocycles. The normalized spacial score (nSPS) is 18.8. The molecule has 3 rings (SSSR count). The van der Waals surface area contributed by atoms with Gasteiger partial charge in [-0.2, -0.15) is 0 Å². The minimum Gasteiger partial charge on any atom is -0.337 e. The zero-order chi connectivity index (χ0) is 18.7. The van der Waals surface area contributed by atoms with Crippen molar-refractivity contribution in [2.45, 2.75) is 26.2 Å². The van der Waals surface area contributed by atoms with Crippen molar-refractivity contribution in [1.82, 2.24) is 10.3 Å². The van der Waals surface area contributed by atoms with Gasteiger partial charge in [-0.05, 0) is 23.8 Å². The largest absolute Gasteiger partial charge is 0.337 e. The predicted molar refractivity (Wildman–Crippen MR) is 105 cm³/mol. The van der Waals surface area contributed by atoms with Crippen LogP contribution in [0.25, 0.3) is 11.3 Å². The maximum Gasteiger partial charge on any atom is 0.321 e. The van der Waals surface area contributed by atoms with Gasteiger partial charge in [-0.1, -0.05) is 38.1 Å². The summed E-state index contributed by atoms with van der Waals surface area (Å²) in [5.41, 5.74) is 3.10. The van der Waals surface area contributed by atoms with E-state index >= 15 is 0 Å². The van der Waals surface area contributed by atoms with Crippen molar-refractivity contribution in [3.63, 3.8) is 0 Å². The highest BCUT2D eigenvalue weighted by molar-refractivity contribution is 7.91. The van der Waals surface area contributed by atoms with Crippen LogP contribution in [0, 0.1) is 5.92 Å². The van der Waals surface area contributed by atoms with Crippen molar-refractivity contribution in [3.8, 4) is 11.3 Å². The van der Waals surface area contributed by atoms with E-state index < -0.39 is 9.84 Å². The number of hydrogen-bond donors (Lipinski definition) is 2. The second-order valence-electron chi connectivity index (χ2n) is 6.92. The Morgan fingerprint density at radius 1 is 1.31 bits per heavy atom. The first-order chi connectivity index (χ1) is 12.3. The molecular formula is C18H23N3O3S2. The molecule has 2 aromatic rings. The van der Waals surface area contributed by atoms with Gasteiger partial charge in [0, 0.05) is 17.5 Å². The quantitative estimate of drug-likeness (QED) is 0.814. The topological polar surface area (TPSA) is 88.2 Å². The molecule has 1 atom stereocenters. The molecule has 0 bridgehead atoms. The van der Waals surface area contributed by atoms with Crippen LogP contribution in [0.5, 0.6) is 0 Å². The number of benzene rings is 1. The van der Waals surface area contributed by atoms with Gasteiger partial charge in [0.25, 0.3) is 0 Å². The highest BCUT2D eigenvalue weighted by Gasteiger charge is 2.27. The molecule has 8 heteroatoms. The van der Waals surface area contributed by atoms with Gasteiger partial charge in [-0.15, -0.1) is 11.3 Å². The van der Waals surface area contributed by atoms with Crippen molar-refractivity contribution in [2.24, 2.45) is 5.92 Å². The standard InChI is InChI=1S/C18H23N3O3S2/c1-12(2)14-3-5-15(6-4-14)16-10-25-18(20-16)21-17(22)19-9-13-7-8-26(23,24)11-13/h3-6,10,12-13H,7-9,11H2,1-2H3,(H2,19,20,21,22)/t13-/m0/s1. The van der Waals surface area contributed by atoms with Crippen molar-refractivity contribution in [1.29, 1.82) is 0 Å². The van der Waals surface area contributed by atoms with Gasteiger partial charge in [0.2, 0.25) is 0 Å². The Labute approximate surface area is 158 Å². The summed E-state index contributed by atoms with van der Waals surface area (Å²) in [7, 11) is -2.92. The number of carbonyl (C=O) groups is 1. The highest BCUT2D eigenvalue weighted by atomic mass is 32.2. The van der Waals surface area contributed by atoms with E-state index in [2.05, 4.69) is 41.6 Å². The fourth-order valence-electron chi connectivity index (χ4n) is 2.91. The van der Waals surface area contributed by atoms with Crippen molar-refractivity contribution < 1.29 is 13.2 Å². The molecule has 1 aliphatic rings. The average molecular weight is 394 g/mol. The minimum atomic E-state index is -2.92. The lowest BCUT2D eigenvalue weighted by atomic mass is 10.0. The Kier molecular flexibility index (Phi) is 5.62. The first kappa shape index (κ1) is 18.8. The molecule has 2 N–H and O–H groups in total. The lowest BCUT2D eigenvalue weighted by Gasteiger charge is -2.09. The van der Waals surface area contributed by atoms with Crippen molar-refractivity contribution >= 4 is 32.3 Å². The van der Waals surface area contributed by atoms with Crippen LogP contribution in [0.2, 0.25) is 0 Å². The van der Waals surface area contributed by atoms with Crippen LogP contribution in [0.15, 0.2) is 29.6 Å². The third-order valence-corrected chi connectivity index (χ3v) is 7.07. The molecule has 2 heterocycles. The molecule has 6 nitrogen and oxygen atoms in total. The Morgan fingerprint density at radius 2 is 2.04 bits per heavy atom. The van der Waals surface area contributed by atoms with E-state index in [0.717, 1.165) is 11.3 Å². The van der Waals surface area contributed by atoms with Gasteiger partial charge in [0.1, 0.15) is 0 Å². The number of sulfone groups is 1. The fourth-order valence-corrected chi connectivity index (χ4v) is 5.49. The highest BCUT2D eigenvalue weighted by Crippen LogP contribution is 2.26. The SMILES string of the molecule is CC(C)c1ccc(-c2csc(NC(=O)NC[C@@H]3CCS(=O)(=O)C3)n2)cc1. The number of nitrogens with one attached hydrogen (secondary N) is 2. The van der Waals surface area contributed by atoms with Crippen molar-refractivity contribution in [2.75, 3.05) is 23.4 Å². The maximum atomic E-state index is 12.0. The summed E-state index contributed by atoms with van der Waals surface area (Å²) in [5, 5.41) is 7.87. The Morgan fingerprint density at radius 3 is 2.65 bits per heavy atom. The monoisotopic (exact) mass is 393 g/mol. The molecule has 0 aliphatic carbocycles. The summed E-state index contributed by atoms with van der Waals surface area (Å²) >= 11 is 1.36. The summed E-state index contributed by atoms with van der Waals surface area (Å²) in [4.78, 5) is 16.4. The Bertz CT molecular complexity index is 873. The number of nitrogens with zero attached hydrogens (tertiary/aromatic N) is 1. The fraction of sp³-hybridized carbons (Fsp3) is 0.444. The van der Waals surface area contributed by atoms with Gasteiger partial charge in [0.05, 0.1) is 17.2 Å². The van der Waals surface area contributed by atoms with Gasteiger partial charge < -0.3 is 5.32 Å². The minimum absolute atomic E-state index is 0.00271. The van der Waals surface area contributed by atoms with E-state index in [1.54, 1.807) is 0 Å². The summed E-state index contributed by atoms with van der Waals surface area (Å²) < 4.78 is 22.9. The molecule has 1 fully saturated rings. The Balaban J connectivity index is 1.54. The van der Waals surface area contributed by atoms with E-state index in [1.165, 1.54) is 16.9 Å². The van der Waals surface area contributed by atoms with Crippen LogP contribution in [0.1, 0.15) is 31.7 Å². The van der Waals surface area contributed by atoms with E-state index in [9.17, 15) is 13.2 Å². The Hall–Kier alpha value is -1.93. The summed E-state index contributed by atoms with van der Waals surface area (Å²) in [6.07, 6.45) is 0.608. The molecule has 2 amide bonds. The number of aromatic nitrogens is 1. The van der Waals surface area contributed by atoms with Crippen LogP contribution < -0.4 is 10.6 Å².